The van der Waals surface area contributed by atoms with Gasteiger partial charge in [0.2, 0.25) is 0 Å². The Hall–Kier alpha value is -0.770. The van der Waals surface area contributed by atoms with Crippen molar-refractivity contribution in [1.82, 2.24) is 0 Å². The molecule has 11 heavy (non-hydrogen) atoms. The highest BCUT2D eigenvalue weighted by Crippen LogP contribution is 2.24. The van der Waals surface area contributed by atoms with Gasteiger partial charge in [-0.1, -0.05) is 0 Å². The molecular weight excluding hydrogens is 142 g/mol. The number of hydrogen-bond donors (Lipinski definition) is 2. The molecule has 0 aromatic heterocycles. The lowest BCUT2D eigenvalue weighted by Crippen LogP contribution is -2.31. The van der Waals surface area contributed by atoms with Gasteiger partial charge < -0.3 is 16.2 Å². The minimum atomic E-state index is -0.121. The highest BCUT2D eigenvalue weighted by molar-refractivity contribution is 5.75. The average Bonchev–Trinajstić information content (AvgIpc) is 2.33. The molecule has 0 bridgehead atoms. The topological polar surface area (TPSA) is 73.6 Å². The highest BCUT2D eigenvalue weighted by Gasteiger charge is 2.29. The van der Waals surface area contributed by atoms with Crippen molar-refractivity contribution in [1.29, 1.82) is 0 Å². The molecule has 1 heterocycles. The zero-order valence-electron chi connectivity index (χ0n) is 6.84. The van der Waals surface area contributed by atoms with E-state index in [9.17, 15) is 0 Å². The van der Waals surface area contributed by atoms with Crippen LogP contribution in [0.25, 0.3) is 0 Å². The maximum absolute atomic E-state index is 5.47. The Labute approximate surface area is 66.6 Å². The first kappa shape index (κ1) is 8.33. The molecule has 1 unspecified atom stereocenters. The summed E-state index contributed by atoms with van der Waals surface area (Å²) in [6.07, 6.45) is 2.15. The molecule has 1 atom stereocenters. The molecule has 1 saturated heterocycles. The molecule has 4 nitrogen and oxygen atoms in total. The smallest absolute Gasteiger partial charge is 0.186 e. The van der Waals surface area contributed by atoms with Gasteiger partial charge in [-0.05, 0) is 19.8 Å². The predicted octanol–water partition coefficient (Wildman–Crippen LogP) is -0.171. The minimum Gasteiger partial charge on any atom is -0.373 e. The number of guanidine groups is 1. The van der Waals surface area contributed by atoms with Gasteiger partial charge in [0.1, 0.15) is 0 Å². The molecule has 0 aliphatic carbocycles. The summed E-state index contributed by atoms with van der Waals surface area (Å²) in [6.45, 7) is 3.44. The van der Waals surface area contributed by atoms with Gasteiger partial charge in [-0.25, -0.2) is 0 Å². The summed E-state index contributed by atoms with van der Waals surface area (Å²) >= 11 is 0. The SMILES string of the molecule is CC1(CN=C(N)N)CCCO1. The lowest BCUT2D eigenvalue weighted by Gasteiger charge is -2.19. The highest BCUT2D eigenvalue weighted by atomic mass is 16.5. The molecule has 0 amide bonds. The Morgan fingerprint density at radius 2 is 2.36 bits per heavy atom. The second-order valence-corrected chi connectivity index (χ2v) is 3.14. The second-order valence-electron chi connectivity index (χ2n) is 3.14. The maximum atomic E-state index is 5.47. The van der Waals surface area contributed by atoms with E-state index in [1.807, 2.05) is 6.92 Å². The first-order valence-corrected chi connectivity index (χ1v) is 3.82. The molecule has 0 aromatic rings. The quantitative estimate of drug-likeness (QED) is 0.431. The van der Waals surface area contributed by atoms with E-state index in [1.54, 1.807) is 0 Å². The van der Waals surface area contributed by atoms with Gasteiger partial charge in [-0.15, -0.1) is 0 Å². The molecule has 0 spiro atoms. The van der Waals surface area contributed by atoms with Crippen molar-refractivity contribution in [2.24, 2.45) is 16.5 Å². The van der Waals surface area contributed by atoms with Crippen LogP contribution >= 0.6 is 0 Å². The van der Waals surface area contributed by atoms with Crippen LogP contribution in [0.4, 0.5) is 0 Å². The van der Waals surface area contributed by atoms with Crippen molar-refractivity contribution < 1.29 is 4.74 Å². The fourth-order valence-electron chi connectivity index (χ4n) is 1.22. The van der Waals surface area contributed by atoms with Crippen LogP contribution in [0, 0.1) is 0 Å². The molecule has 0 saturated carbocycles. The Morgan fingerprint density at radius 1 is 1.64 bits per heavy atom. The van der Waals surface area contributed by atoms with E-state index in [-0.39, 0.29) is 11.6 Å². The van der Waals surface area contributed by atoms with E-state index in [0.717, 1.165) is 19.4 Å². The molecule has 0 radical (unpaired) electrons. The Kier molecular flexibility index (Phi) is 2.34. The van der Waals surface area contributed by atoms with Crippen molar-refractivity contribution in [3.8, 4) is 0 Å². The van der Waals surface area contributed by atoms with Gasteiger partial charge in [0, 0.05) is 6.61 Å². The summed E-state index contributed by atoms with van der Waals surface area (Å²) in [7, 11) is 0. The summed E-state index contributed by atoms with van der Waals surface area (Å²) in [4.78, 5) is 3.93. The van der Waals surface area contributed by atoms with Crippen LogP contribution in [0.5, 0.6) is 0 Å². The Balaban J connectivity index is 2.40. The molecule has 1 fully saturated rings. The molecule has 1 rings (SSSR count). The summed E-state index contributed by atoms with van der Waals surface area (Å²) in [5.74, 6) is 0.140. The Morgan fingerprint density at radius 3 is 2.82 bits per heavy atom. The van der Waals surface area contributed by atoms with Gasteiger partial charge in [-0.2, -0.15) is 0 Å². The van der Waals surface area contributed by atoms with Crippen molar-refractivity contribution in [3.63, 3.8) is 0 Å². The lowest BCUT2D eigenvalue weighted by molar-refractivity contribution is 0.0284. The minimum absolute atomic E-state index is 0.121. The van der Waals surface area contributed by atoms with Gasteiger partial charge >= 0.3 is 0 Å². The van der Waals surface area contributed by atoms with Crippen molar-refractivity contribution in [3.05, 3.63) is 0 Å². The fraction of sp³-hybridized carbons (Fsp3) is 0.857. The molecule has 4 N–H and O–H groups in total. The van der Waals surface area contributed by atoms with Crippen LogP contribution in [-0.4, -0.2) is 24.7 Å². The second kappa shape index (κ2) is 3.09. The zero-order chi connectivity index (χ0) is 8.32. The van der Waals surface area contributed by atoms with E-state index in [1.165, 1.54) is 0 Å². The molecule has 1 aliphatic heterocycles. The van der Waals surface area contributed by atoms with E-state index >= 15 is 0 Å². The van der Waals surface area contributed by atoms with Crippen LogP contribution < -0.4 is 11.5 Å². The molecule has 64 valence electrons. The standard InChI is InChI=1S/C7H15N3O/c1-7(3-2-4-11-7)5-10-6(8)9/h2-5H2,1H3,(H4,8,9,10). The van der Waals surface area contributed by atoms with Crippen LogP contribution in [0.2, 0.25) is 0 Å². The predicted molar refractivity (Wildman–Crippen MR) is 44.3 cm³/mol. The van der Waals surface area contributed by atoms with Crippen LogP contribution in [0.15, 0.2) is 4.99 Å². The lowest BCUT2D eigenvalue weighted by atomic mass is 10.0. The first-order valence-electron chi connectivity index (χ1n) is 3.82. The third kappa shape index (κ3) is 2.38. The van der Waals surface area contributed by atoms with Crippen LogP contribution in [0.1, 0.15) is 19.8 Å². The summed E-state index contributed by atoms with van der Waals surface area (Å²) in [6, 6.07) is 0. The molecule has 0 aromatic carbocycles. The van der Waals surface area contributed by atoms with Gasteiger partial charge in [0.05, 0.1) is 12.1 Å². The van der Waals surface area contributed by atoms with Gasteiger partial charge in [0.15, 0.2) is 5.96 Å². The number of nitrogens with zero attached hydrogens (tertiary/aromatic N) is 1. The van der Waals surface area contributed by atoms with E-state index in [4.69, 9.17) is 16.2 Å². The van der Waals surface area contributed by atoms with Crippen molar-refractivity contribution in [2.75, 3.05) is 13.2 Å². The van der Waals surface area contributed by atoms with E-state index < -0.39 is 0 Å². The molecule has 1 aliphatic rings. The largest absolute Gasteiger partial charge is 0.373 e. The van der Waals surface area contributed by atoms with E-state index in [2.05, 4.69) is 4.99 Å². The fourth-order valence-corrected chi connectivity index (χ4v) is 1.22. The number of hydrogen-bond acceptors (Lipinski definition) is 2. The normalized spacial score (nSPS) is 30.3. The maximum Gasteiger partial charge on any atom is 0.186 e. The zero-order valence-corrected chi connectivity index (χ0v) is 6.84. The molecule has 4 heteroatoms. The third-order valence-corrected chi connectivity index (χ3v) is 1.90. The summed E-state index contributed by atoms with van der Waals surface area (Å²) in [5.41, 5.74) is 10.3. The summed E-state index contributed by atoms with van der Waals surface area (Å²) in [5, 5.41) is 0. The first-order chi connectivity index (χ1) is 5.12. The molecular formula is C7H15N3O. The van der Waals surface area contributed by atoms with Crippen molar-refractivity contribution in [2.45, 2.75) is 25.4 Å². The Bertz CT molecular complexity index is 157. The number of rotatable bonds is 2. The summed E-state index contributed by atoms with van der Waals surface area (Å²) < 4.78 is 5.47. The van der Waals surface area contributed by atoms with Crippen LogP contribution in [-0.2, 0) is 4.74 Å². The average molecular weight is 157 g/mol. The van der Waals surface area contributed by atoms with Gasteiger partial charge in [-0.3, -0.25) is 4.99 Å². The third-order valence-electron chi connectivity index (χ3n) is 1.90. The number of nitrogens with two attached hydrogens (primary N) is 2. The van der Waals surface area contributed by atoms with Crippen molar-refractivity contribution >= 4 is 5.96 Å². The van der Waals surface area contributed by atoms with Gasteiger partial charge in [0.25, 0.3) is 0 Å². The number of ether oxygens (including phenoxy) is 1. The van der Waals surface area contributed by atoms with E-state index in [0.29, 0.717) is 6.54 Å². The van der Waals surface area contributed by atoms with Crippen LogP contribution in [0.3, 0.4) is 0 Å². The number of aliphatic imine (C=N–C) groups is 1. The monoisotopic (exact) mass is 157 g/mol.